The summed E-state index contributed by atoms with van der Waals surface area (Å²) in [5.74, 6) is 0.0246. The lowest BCUT2D eigenvalue weighted by atomic mass is 10.1. The molecule has 0 fully saturated rings. The number of rotatable bonds is 7. The largest absolute Gasteiger partial charge is 0.384 e. The monoisotopic (exact) mass is 336 g/mol. The van der Waals surface area contributed by atoms with E-state index in [9.17, 15) is 4.79 Å². The van der Waals surface area contributed by atoms with E-state index in [2.05, 4.69) is 22.8 Å². The van der Waals surface area contributed by atoms with Crippen molar-refractivity contribution >= 4 is 34.8 Å². The van der Waals surface area contributed by atoms with Gasteiger partial charge >= 0.3 is 0 Å². The van der Waals surface area contributed by atoms with Gasteiger partial charge in [0.25, 0.3) is 0 Å². The zero-order chi connectivity index (χ0) is 15.8. The molecule has 2 aromatic rings. The minimum absolute atomic E-state index is 0.0246. The van der Waals surface area contributed by atoms with Crippen molar-refractivity contribution in [1.82, 2.24) is 5.32 Å². The summed E-state index contributed by atoms with van der Waals surface area (Å²) in [7, 11) is 0. The maximum absolute atomic E-state index is 11.8. The molecule has 0 aliphatic carbocycles. The predicted octanol–water partition coefficient (Wildman–Crippen LogP) is 4.15. The number of carbonyl (C=O) groups is 1. The maximum atomic E-state index is 11.8. The molecule has 2 rings (SSSR count). The average Bonchev–Trinajstić information content (AvgIpc) is 2.47. The van der Waals surface area contributed by atoms with Crippen molar-refractivity contribution in [3.8, 4) is 0 Å². The summed E-state index contributed by atoms with van der Waals surface area (Å²) in [6.45, 7) is 1.18. The van der Waals surface area contributed by atoms with E-state index in [1.807, 2.05) is 18.2 Å². The quantitative estimate of drug-likeness (QED) is 0.797. The average molecular weight is 337 g/mol. The van der Waals surface area contributed by atoms with Crippen LogP contribution in [0.25, 0.3) is 0 Å². The van der Waals surface area contributed by atoms with Crippen LogP contribution >= 0.6 is 23.2 Å². The molecule has 0 aliphatic rings. The lowest BCUT2D eigenvalue weighted by molar-refractivity contribution is -0.120. The van der Waals surface area contributed by atoms with Crippen LogP contribution in [0.15, 0.2) is 48.5 Å². The molecule has 0 heterocycles. The molecule has 0 atom stereocenters. The van der Waals surface area contributed by atoms with E-state index in [4.69, 9.17) is 23.2 Å². The lowest BCUT2D eigenvalue weighted by Gasteiger charge is -2.08. The minimum Gasteiger partial charge on any atom is -0.384 e. The van der Waals surface area contributed by atoms with E-state index in [1.54, 1.807) is 18.2 Å². The molecule has 3 nitrogen and oxygen atoms in total. The first kappa shape index (κ1) is 16.7. The number of anilines is 1. The molecule has 0 spiro atoms. The van der Waals surface area contributed by atoms with E-state index >= 15 is 0 Å². The summed E-state index contributed by atoms with van der Waals surface area (Å²) >= 11 is 11.8. The van der Waals surface area contributed by atoms with Crippen LogP contribution < -0.4 is 10.6 Å². The van der Waals surface area contributed by atoms with Crippen molar-refractivity contribution < 1.29 is 4.79 Å². The Hall–Kier alpha value is -1.71. The molecule has 0 bridgehead atoms. The second-order valence-corrected chi connectivity index (χ2v) is 5.79. The Balaban J connectivity index is 1.65. The van der Waals surface area contributed by atoms with Crippen LogP contribution in [0.1, 0.15) is 12.0 Å². The molecule has 0 aliphatic heterocycles. The fourth-order valence-electron chi connectivity index (χ4n) is 2.06. The number of carbonyl (C=O) groups excluding carboxylic acids is 1. The number of nitrogens with one attached hydrogen (secondary N) is 2. The van der Waals surface area contributed by atoms with Gasteiger partial charge in [0.1, 0.15) is 0 Å². The molecule has 2 N–H and O–H groups in total. The van der Waals surface area contributed by atoms with Gasteiger partial charge in [-0.1, -0.05) is 53.5 Å². The van der Waals surface area contributed by atoms with E-state index < -0.39 is 0 Å². The fourth-order valence-corrected chi connectivity index (χ4v) is 2.58. The summed E-state index contributed by atoms with van der Waals surface area (Å²) in [4.78, 5) is 11.8. The molecule has 1 amide bonds. The third kappa shape index (κ3) is 5.96. The van der Waals surface area contributed by atoms with Gasteiger partial charge in [-0.25, -0.2) is 0 Å². The van der Waals surface area contributed by atoms with Crippen LogP contribution in [0, 0.1) is 0 Å². The molecule has 0 unspecified atom stereocenters. The van der Waals surface area contributed by atoms with Gasteiger partial charge in [0.15, 0.2) is 0 Å². The van der Waals surface area contributed by atoms with Crippen molar-refractivity contribution in [2.45, 2.75) is 12.8 Å². The first-order valence-electron chi connectivity index (χ1n) is 7.14. The zero-order valence-corrected chi connectivity index (χ0v) is 13.6. The summed E-state index contributed by atoms with van der Waals surface area (Å²) < 4.78 is 0. The van der Waals surface area contributed by atoms with Crippen molar-refractivity contribution in [2.75, 3.05) is 18.4 Å². The second-order valence-electron chi connectivity index (χ2n) is 4.92. The van der Waals surface area contributed by atoms with Gasteiger partial charge in [-0.3, -0.25) is 4.79 Å². The van der Waals surface area contributed by atoms with Crippen LogP contribution in [-0.2, 0) is 11.2 Å². The van der Waals surface area contributed by atoms with E-state index in [0.717, 1.165) is 12.1 Å². The standard InChI is InChI=1S/C17H18Cl2N2O/c18-14-10-15(19)12-16(11-14)20-9-7-17(22)21-8-6-13-4-2-1-3-5-13/h1-5,10-12,20H,6-9H2,(H,21,22). The van der Waals surface area contributed by atoms with Crippen molar-refractivity contribution in [3.05, 3.63) is 64.1 Å². The molecular weight excluding hydrogens is 319 g/mol. The van der Waals surface area contributed by atoms with E-state index in [1.165, 1.54) is 5.56 Å². The minimum atomic E-state index is 0.0246. The van der Waals surface area contributed by atoms with Crippen molar-refractivity contribution in [2.24, 2.45) is 0 Å². The Morgan fingerprint density at radius 2 is 1.64 bits per heavy atom. The molecular formula is C17H18Cl2N2O. The second kappa shape index (κ2) is 8.66. The summed E-state index contributed by atoms with van der Waals surface area (Å²) in [5, 5.41) is 7.19. The Kier molecular flexibility index (Phi) is 6.56. The van der Waals surface area contributed by atoms with Gasteiger partial charge in [0, 0.05) is 35.2 Å². The van der Waals surface area contributed by atoms with Crippen molar-refractivity contribution in [3.63, 3.8) is 0 Å². The highest BCUT2D eigenvalue weighted by atomic mass is 35.5. The van der Waals surface area contributed by atoms with E-state index in [-0.39, 0.29) is 5.91 Å². The summed E-state index contributed by atoms with van der Waals surface area (Å²) in [6, 6.07) is 15.3. The first-order chi connectivity index (χ1) is 10.6. The Bertz CT molecular complexity index is 597. The van der Waals surface area contributed by atoms with Gasteiger partial charge in [0.2, 0.25) is 5.91 Å². The van der Waals surface area contributed by atoms with E-state index in [0.29, 0.717) is 29.6 Å². The smallest absolute Gasteiger partial charge is 0.221 e. The molecule has 0 saturated carbocycles. The molecule has 22 heavy (non-hydrogen) atoms. The van der Waals surface area contributed by atoms with Gasteiger partial charge in [-0.05, 0) is 30.2 Å². The normalized spacial score (nSPS) is 10.3. The Labute approximate surface area is 140 Å². The maximum Gasteiger partial charge on any atom is 0.221 e. The highest BCUT2D eigenvalue weighted by Gasteiger charge is 2.02. The van der Waals surface area contributed by atoms with Crippen molar-refractivity contribution in [1.29, 1.82) is 0 Å². The Morgan fingerprint density at radius 3 is 2.32 bits per heavy atom. The molecule has 5 heteroatoms. The third-order valence-corrected chi connectivity index (χ3v) is 3.56. The van der Waals surface area contributed by atoms with Crippen LogP contribution in [0.4, 0.5) is 5.69 Å². The van der Waals surface area contributed by atoms with Crippen LogP contribution in [0.2, 0.25) is 10.0 Å². The topological polar surface area (TPSA) is 41.1 Å². The van der Waals surface area contributed by atoms with Crippen LogP contribution in [0.5, 0.6) is 0 Å². The highest BCUT2D eigenvalue weighted by molar-refractivity contribution is 6.35. The van der Waals surface area contributed by atoms with Crippen LogP contribution in [-0.4, -0.2) is 19.0 Å². The molecule has 0 saturated heterocycles. The number of hydrogen-bond donors (Lipinski definition) is 2. The summed E-state index contributed by atoms with van der Waals surface area (Å²) in [6.07, 6.45) is 1.24. The van der Waals surface area contributed by atoms with Gasteiger partial charge in [0.05, 0.1) is 0 Å². The predicted molar refractivity (Wildman–Crippen MR) is 92.7 cm³/mol. The van der Waals surface area contributed by atoms with Crippen LogP contribution in [0.3, 0.4) is 0 Å². The number of benzene rings is 2. The zero-order valence-electron chi connectivity index (χ0n) is 12.1. The highest BCUT2D eigenvalue weighted by Crippen LogP contribution is 2.22. The molecule has 0 aromatic heterocycles. The number of hydrogen-bond acceptors (Lipinski definition) is 2. The summed E-state index contributed by atoms with van der Waals surface area (Å²) in [5.41, 5.74) is 2.03. The SMILES string of the molecule is O=C(CCNc1cc(Cl)cc(Cl)c1)NCCc1ccccc1. The first-order valence-corrected chi connectivity index (χ1v) is 7.89. The number of halogens is 2. The lowest BCUT2D eigenvalue weighted by Crippen LogP contribution is -2.27. The molecule has 116 valence electrons. The number of amides is 1. The molecule has 0 radical (unpaired) electrons. The Morgan fingerprint density at radius 1 is 0.955 bits per heavy atom. The van der Waals surface area contributed by atoms with Gasteiger partial charge in [-0.15, -0.1) is 0 Å². The van der Waals surface area contributed by atoms with Gasteiger partial charge in [-0.2, -0.15) is 0 Å². The molecule has 2 aromatic carbocycles. The third-order valence-electron chi connectivity index (χ3n) is 3.12. The van der Waals surface area contributed by atoms with Gasteiger partial charge < -0.3 is 10.6 Å². The fraction of sp³-hybridized carbons (Fsp3) is 0.235.